The summed E-state index contributed by atoms with van der Waals surface area (Å²) in [6.45, 7) is 2.09. The number of benzene rings is 1. The first-order valence-electron chi connectivity index (χ1n) is 6.65. The number of rotatable bonds is 3. The maximum absolute atomic E-state index is 12.0. The van der Waals surface area contributed by atoms with Crippen molar-refractivity contribution in [2.75, 3.05) is 13.7 Å². The molecular weight excluding hydrogens is 280 g/mol. The Bertz CT molecular complexity index is 687. The first-order chi connectivity index (χ1) is 9.67. The van der Waals surface area contributed by atoms with Crippen molar-refractivity contribution in [1.82, 2.24) is 0 Å². The standard InChI is InChI=1S/C15H15ClO4/c1-3-19-15(17)13-9-6-4-5-8-10(16)7-11(18-2)14(20-13)12(8)9/h7H,3-6H2,1-2H3. The van der Waals surface area contributed by atoms with Gasteiger partial charge >= 0.3 is 5.97 Å². The SMILES string of the molecule is CCOC(=O)c1oc2c(OC)cc(Cl)c3c2c1CCC3. The molecule has 0 fully saturated rings. The summed E-state index contributed by atoms with van der Waals surface area (Å²) in [5, 5.41) is 1.58. The molecule has 0 spiro atoms. The summed E-state index contributed by atoms with van der Waals surface area (Å²) in [5.41, 5.74) is 2.51. The summed E-state index contributed by atoms with van der Waals surface area (Å²) < 4.78 is 16.1. The molecular formula is C15H15ClO4. The van der Waals surface area contributed by atoms with E-state index < -0.39 is 5.97 Å². The third kappa shape index (κ3) is 1.86. The summed E-state index contributed by atoms with van der Waals surface area (Å²) in [5.74, 6) is 0.403. The third-order valence-corrected chi connectivity index (χ3v) is 3.95. The van der Waals surface area contributed by atoms with Gasteiger partial charge in [0.15, 0.2) is 11.3 Å². The van der Waals surface area contributed by atoms with Gasteiger partial charge in [0.2, 0.25) is 5.76 Å². The molecule has 0 aliphatic heterocycles. The number of carbonyl (C=O) groups is 1. The topological polar surface area (TPSA) is 48.7 Å². The van der Waals surface area contributed by atoms with Gasteiger partial charge in [-0.25, -0.2) is 4.79 Å². The van der Waals surface area contributed by atoms with Crippen LogP contribution in [0, 0.1) is 0 Å². The van der Waals surface area contributed by atoms with Gasteiger partial charge in [0.25, 0.3) is 0 Å². The van der Waals surface area contributed by atoms with Crippen molar-refractivity contribution in [2.24, 2.45) is 0 Å². The number of esters is 1. The summed E-state index contributed by atoms with van der Waals surface area (Å²) in [6.07, 6.45) is 2.62. The molecule has 3 rings (SSSR count). The molecule has 1 aromatic heterocycles. The average Bonchev–Trinajstić information content (AvgIpc) is 2.84. The average molecular weight is 295 g/mol. The van der Waals surface area contributed by atoms with E-state index in [4.69, 9.17) is 25.5 Å². The van der Waals surface area contributed by atoms with Crippen LogP contribution in [0.15, 0.2) is 10.5 Å². The van der Waals surface area contributed by atoms with Crippen molar-refractivity contribution in [3.05, 3.63) is 28.0 Å². The van der Waals surface area contributed by atoms with Crippen LogP contribution in [0.3, 0.4) is 0 Å². The Balaban J connectivity index is 2.31. The van der Waals surface area contributed by atoms with E-state index in [1.165, 1.54) is 0 Å². The van der Waals surface area contributed by atoms with Gasteiger partial charge in [0.05, 0.1) is 13.7 Å². The highest BCUT2D eigenvalue weighted by molar-refractivity contribution is 6.32. The normalized spacial score (nSPS) is 13.6. The Kier molecular flexibility index (Phi) is 3.34. The maximum Gasteiger partial charge on any atom is 0.374 e. The van der Waals surface area contributed by atoms with Gasteiger partial charge in [0.1, 0.15) is 0 Å². The molecule has 5 heteroatoms. The molecule has 2 aromatic rings. The molecule has 0 saturated carbocycles. The Morgan fingerprint density at radius 2 is 2.15 bits per heavy atom. The van der Waals surface area contributed by atoms with Crippen LogP contribution >= 0.6 is 11.6 Å². The van der Waals surface area contributed by atoms with E-state index in [0.717, 1.165) is 35.8 Å². The summed E-state index contributed by atoms with van der Waals surface area (Å²) in [7, 11) is 1.56. The van der Waals surface area contributed by atoms with Gasteiger partial charge in [-0.2, -0.15) is 0 Å². The fraction of sp³-hybridized carbons (Fsp3) is 0.400. The summed E-state index contributed by atoms with van der Waals surface area (Å²) in [4.78, 5) is 12.0. The molecule has 1 heterocycles. The number of aryl methyl sites for hydroxylation is 2. The highest BCUT2D eigenvalue weighted by atomic mass is 35.5. The van der Waals surface area contributed by atoms with Gasteiger partial charge < -0.3 is 13.9 Å². The maximum atomic E-state index is 12.0. The smallest absolute Gasteiger partial charge is 0.374 e. The zero-order valence-corrected chi connectivity index (χ0v) is 12.2. The first kappa shape index (κ1) is 13.3. The predicted molar refractivity (Wildman–Crippen MR) is 75.8 cm³/mol. The fourth-order valence-corrected chi connectivity index (χ4v) is 3.07. The number of methoxy groups -OCH3 is 1. The van der Waals surface area contributed by atoms with Crippen molar-refractivity contribution in [1.29, 1.82) is 0 Å². The zero-order valence-electron chi connectivity index (χ0n) is 11.4. The van der Waals surface area contributed by atoms with E-state index in [2.05, 4.69) is 0 Å². The van der Waals surface area contributed by atoms with Crippen molar-refractivity contribution in [3.8, 4) is 5.75 Å². The zero-order chi connectivity index (χ0) is 14.3. The number of hydrogen-bond donors (Lipinski definition) is 0. The Labute approximate surface area is 121 Å². The second-order valence-electron chi connectivity index (χ2n) is 4.73. The van der Waals surface area contributed by atoms with Crippen molar-refractivity contribution >= 4 is 28.5 Å². The molecule has 20 heavy (non-hydrogen) atoms. The lowest BCUT2D eigenvalue weighted by Gasteiger charge is -2.14. The van der Waals surface area contributed by atoms with Crippen LogP contribution < -0.4 is 4.74 Å². The van der Waals surface area contributed by atoms with Crippen LogP contribution in [0.25, 0.3) is 11.0 Å². The molecule has 0 radical (unpaired) electrons. The summed E-state index contributed by atoms with van der Waals surface area (Å²) >= 11 is 6.31. The van der Waals surface area contributed by atoms with Crippen LogP contribution in [0.5, 0.6) is 5.75 Å². The van der Waals surface area contributed by atoms with E-state index in [1.807, 2.05) is 0 Å². The van der Waals surface area contributed by atoms with Gasteiger partial charge in [-0.05, 0) is 31.7 Å². The molecule has 1 aliphatic carbocycles. The molecule has 0 saturated heterocycles. The van der Waals surface area contributed by atoms with Crippen molar-refractivity contribution < 1.29 is 18.7 Å². The van der Waals surface area contributed by atoms with Gasteiger partial charge in [0, 0.05) is 22.0 Å². The molecule has 0 atom stereocenters. The first-order valence-corrected chi connectivity index (χ1v) is 7.03. The summed E-state index contributed by atoms with van der Waals surface area (Å²) in [6, 6.07) is 1.74. The lowest BCUT2D eigenvalue weighted by molar-refractivity contribution is 0.0490. The van der Waals surface area contributed by atoms with E-state index in [1.54, 1.807) is 20.1 Å². The van der Waals surface area contributed by atoms with Crippen molar-refractivity contribution in [3.63, 3.8) is 0 Å². The second kappa shape index (κ2) is 5.02. The number of furan rings is 1. The van der Waals surface area contributed by atoms with E-state index in [0.29, 0.717) is 23.0 Å². The molecule has 106 valence electrons. The minimum atomic E-state index is -0.426. The number of hydrogen-bond acceptors (Lipinski definition) is 4. The quantitative estimate of drug-likeness (QED) is 0.809. The highest BCUT2D eigenvalue weighted by Gasteiger charge is 2.29. The van der Waals surface area contributed by atoms with E-state index >= 15 is 0 Å². The molecule has 1 aliphatic rings. The fourth-order valence-electron chi connectivity index (χ4n) is 2.78. The van der Waals surface area contributed by atoms with Crippen LogP contribution in [0.4, 0.5) is 0 Å². The molecule has 4 nitrogen and oxygen atoms in total. The van der Waals surface area contributed by atoms with Crippen molar-refractivity contribution in [2.45, 2.75) is 26.2 Å². The molecule has 1 aromatic carbocycles. The van der Waals surface area contributed by atoms with Gasteiger partial charge in [-0.3, -0.25) is 0 Å². The van der Waals surface area contributed by atoms with E-state index in [9.17, 15) is 4.79 Å². The van der Waals surface area contributed by atoms with Crippen LogP contribution in [-0.4, -0.2) is 19.7 Å². The molecule has 0 unspecified atom stereocenters. The van der Waals surface area contributed by atoms with Gasteiger partial charge in [-0.1, -0.05) is 11.6 Å². The third-order valence-electron chi connectivity index (χ3n) is 3.61. The van der Waals surface area contributed by atoms with Crippen LogP contribution in [0.1, 0.15) is 35.0 Å². The second-order valence-corrected chi connectivity index (χ2v) is 5.13. The highest BCUT2D eigenvalue weighted by Crippen LogP contribution is 2.42. The molecule has 0 N–H and O–H groups in total. The minimum Gasteiger partial charge on any atom is -0.493 e. The Morgan fingerprint density at radius 1 is 1.40 bits per heavy atom. The van der Waals surface area contributed by atoms with Crippen LogP contribution in [-0.2, 0) is 17.6 Å². The molecule has 0 bridgehead atoms. The van der Waals surface area contributed by atoms with E-state index in [-0.39, 0.29) is 5.76 Å². The number of carbonyl (C=O) groups excluding carboxylic acids is 1. The Morgan fingerprint density at radius 3 is 2.85 bits per heavy atom. The predicted octanol–water partition coefficient (Wildman–Crippen LogP) is 3.76. The number of halogens is 1. The van der Waals surface area contributed by atoms with Gasteiger partial charge in [-0.15, -0.1) is 0 Å². The molecule has 0 amide bonds. The van der Waals surface area contributed by atoms with Crippen LogP contribution in [0.2, 0.25) is 5.02 Å². The lowest BCUT2D eigenvalue weighted by atomic mass is 9.91. The number of ether oxygens (including phenoxy) is 2. The lowest BCUT2D eigenvalue weighted by Crippen LogP contribution is -2.08. The minimum absolute atomic E-state index is 0.281. The Hall–Kier alpha value is -1.68. The monoisotopic (exact) mass is 294 g/mol. The largest absolute Gasteiger partial charge is 0.493 e.